The van der Waals surface area contributed by atoms with Crippen molar-refractivity contribution in [3.8, 4) is 23.6 Å². The Balaban J connectivity index is 1.53. The number of rotatable bonds is 5. The Bertz CT molecular complexity index is 1480. The molecular weight excluding hydrogens is 466 g/mol. The highest BCUT2D eigenvalue weighted by atomic mass is 35.5. The van der Waals surface area contributed by atoms with E-state index in [2.05, 4.69) is 10.3 Å². The summed E-state index contributed by atoms with van der Waals surface area (Å²) >= 11 is 12.1. The van der Waals surface area contributed by atoms with Crippen LogP contribution in [0.3, 0.4) is 0 Å². The van der Waals surface area contributed by atoms with Gasteiger partial charge < -0.3 is 15.0 Å². The topological polar surface area (TPSA) is 102 Å². The molecule has 0 unspecified atom stereocenters. The van der Waals surface area contributed by atoms with Gasteiger partial charge >= 0.3 is 0 Å². The van der Waals surface area contributed by atoms with Gasteiger partial charge in [-0.15, -0.1) is 0 Å². The van der Waals surface area contributed by atoms with Crippen molar-refractivity contribution in [1.29, 1.82) is 10.5 Å². The number of nitrogens with one attached hydrogen (secondary N) is 2. The van der Waals surface area contributed by atoms with Crippen LogP contribution in [0.25, 0.3) is 10.9 Å². The van der Waals surface area contributed by atoms with Crippen molar-refractivity contribution in [2.45, 2.75) is 6.54 Å². The number of nitrogens with zero attached hydrogens (tertiary/aromatic N) is 2. The zero-order valence-corrected chi connectivity index (χ0v) is 18.3. The number of nitriles is 2. The smallest absolute Gasteiger partial charge is 0.267 e. The lowest BCUT2D eigenvalue weighted by Crippen LogP contribution is -2.23. The van der Waals surface area contributed by atoms with Gasteiger partial charge in [0.2, 0.25) is 0 Å². The van der Waals surface area contributed by atoms with Crippen molar-refractivity contribution < 1.29 is 13.9 Å². The molecular formula is C24H13Cl2FN4O2. The molecule has 0 spiro atoms. The first-order chi connectivity index (χ1) is 15.9. The zero-order chi connectivity index (χ0) is 23.5. The van der Waals surface area contributed by atoms with Gasteiger partial charge in [-0.3, -0.25) is 4.79 Å². The van der Waals surface area contributed by atoms with Gasteiger partial charge in [0.1, 0.15) is 11.4 Å². The number of ether oxygens (including phenoxy) is 1. The number of hydrogen-bond acceptors (Lipinski definition) is 4. The minimum atomic E-state index is -0.753. The zero-order valence-electron chi connectivity index (χ0n) is 16.7. The fourth-order valence-electron chi connectivity index (χ4n) is 3.20. The molecule has 1 amide bonds. The van der Waals surface area contributed by atoms with Crippen LogP contribution in [0.4, 0.5) is 4.39 Å². The lowest BCUT2D eigenvalue weighted by molar-refractivity contribution is 0.0946. The minimum absolute atomic E-state index is 0.0185. The summed E-state index contributed by atoms with van der Waals surface area (Å²) < 4.78 is 20.7. The second-order valence-electron chi connectivity index (χ2n) is 7.02. The molecule has 0 atom stereocenters. The van der Waals surface area contributed by atoms with Gasteiger partial charge in [-0.2, -0.15) is 10.5 Å². The van der Waals surface area contributed by atoms with E-state index in [1.807, 2.05) is 12.1 Å². The van der Waals surface area contributed by atoms with Crippen LogP contribution < -0.4 is 10.1 Å². The molecule has 0 bridgehead atoms. The molecule has 0 saturated carbocycles. The Morgan fingerprint density at radius 1 is 1.03 bits per heavy atom. The first-order valence-corrected chi connectivity index (χ1v) is 10.3. The summed E-state index contributed by atoms with van der Waals surface area (Å²) in [7, 11) is 0. The molecule has 0 fully saturated rings. The first kappa shape index (κ1) is 22.2. The lowest BCUT2D eigenvalue weighted by Gasteiger charge is -2.13. The van der Waals surface area contributed by atoms with Gasteiger partial charge in [0.05, 0.1) is 28.3 Å². The summed E-state index contributed by atoms with van der Waals surface area (Å²) in [5.41, 5.74) is 1.78. The number of aromatic nitrogens is 1. The first-order valence-electron chi connectivity index (χ1n) is 9.54. The quantitative estimate of drug-likeness (QED) is 0.362. The summed E-state index contributed by atoms with van der Waals surface area (Å²) in [6, 6.07) is 17.8. The second-order valence-corrected chi connectivity index (χ2v) is 7.86. The molecule has 4 aromatic rings. The van der Waals surface area contributed by atoms with Gasteiger partial charge in [-0.1, -0.05) is 35.3 Å². The summed E-state index contributed by atoms with van der Waals surface area (Å²) in [6.07, 6.45) is 0. The van der Waals surface area contributed by atoms with E-state index in [0.717, 1.165) is 5.39 Å². The Kier molecular flexibility index (Phi) is 6.19. The van der Waals surface area contributed by atoms with Crippen LogP contribution in [-0.4, -0.2) is 10.9 Å². The number of fused-ring (bicyclic) bond motifs is 1. The van der Waals surface area contributed by atoms with Crippen molar-refractivity contribution in [2.75, 3.05) is 0 Å². The van der Waals surface area contributed by atoms with E-state index in [1.54, 1.807) is 24.3 Å². The number of H-pyrrole nitrogens is 1. The molecule has 2 N–H and O–H groups in total. The Morgan fingerprint density at radius 3 is 2.58 bits per heavy atom. The van der Waals surface area contributed by atoms with Gasteiger partial charge in [0.15, 0.2) is 11.6 Å². The van der Waals surface area contributed by atoms with Crippen LogP contribution in [0.2, 0.25) is 10.0 Å². The van der Waals surface area contributed by atoms with Gasteiger partial charge in [0, 0.05) is 28.0 Å². The van der Waals surface area contributed by atoms with E-state index in [9.17, 15) is 4.79 Å². The summed E-state index contributed by atoms with van der Waals surface area (Å²) in [6.45, 7) is -0.129. The molecule has 4 rings (SSSR count). The number of benzene rings is 3. The Hall–Kier alpha value is -4.04. The number of carbonyl (C=O) groups excluding carboxylic acids is 1. The lowest BCUT2D eigenvalue weighted by atomic mass is 10.2. The predicted octanol–water partition coefficient (Wildman–Crippen LogP) is 6.08. The van der Waals surface area contributed by atoms with Crippen molar-refractivity contribution in [2.24, 2.45) is 0 Å². The van der Waals surface area contributed by atoms with E-state index in [4.69, 9.17) is 38.5 Å². The molecule has 0 aliphatic rings. The van der Waals surface area contributed by atoms with Crippen LogP contribution in [0.5, 0.6) is 11.5 Å². The number of amides is 1. The maximum Gasteiger partial charge on any atom is 0.267 e. The molecule has 0 aliphatic carbocycles. The molecule has 1 aromatic heterocycles. The molecule has 0 aliphatic heterocycles. The van der Waals surface area contributed by atoms with Crippen LogP contribution in [0.1, 0.15) is 27.2 Å². The summed E-state index contributed by atoms with van der Waals surface area (Å²) in [5.74, 6) is -1.30. The Morgan fingerprint density at radius 2 is 1.82 bits per heavy atom. The molecule has 3 aromatic carbocycles. The van der Waals surface area contributed by atoms with E-state index >= 15 is 4.39 Å². The van der Waals surface area contributed by atoms with Crippen molar-refractivity contribution in [3.05, 3.63) is 92.8 Å². The standard InChI is InChI=1S/C24H13Cl2FN4O2/c25-17-5-14(11-29)6-18(9-17)33-23-19(26)4-3-16(22(23)27)12-30-24(32)21-8-15-2-1-13(10-28)7-20(15)31-21/h1-9,31H,12H2,(H,30,32). The number of aromatic amines is 1. The predicted molar refractivity (Wildman–Crippen MR) is 122 cm³/mol. The van der Waals surface area contributed by atoms with Crippen molar-refractivity contribution in [1.82, 2.24) is 10.3 Å². The monoisotopic (exact) mass is 478 g/mol. The third kappa shape index (κ3) is 4.75. The van der Waals surface area contributed by atoms with Crippen molar-refractivity contribution in [3.63, 3.8) is 0 Å². The normalized spacial score (nSPS) is 10.5. The number of halogens is 3. The van der Waals surface area contributed by atoms with Gasteiger partial charge in [0.25, 0.3) is 5.91 Å². The highest BCUT2D eigenvalue weighted by molar-refractivity contribution is 6.32. The number of carbonyl (C=O) groups is 1. The molecule has 0 saturated heterocycles. The summed E-state index contributed by atoms with van der Waals surface area (Å²) in [4.78, 5) is 15.5. The molecule has 33 heavy (non-hydrogen) atoms. The fraction of sp³-hybridized carbons (Fsp3) is 0.0417. The van der Waals surface area contributed by atoms with E-state index < -0.39 is 11.7 Å². The molecule has 1 heterocycles. The van der Waals surface area contributed by atoms with Crippen LogP contribution in [0, 0.1) is 28.5 Å². The molecule has 162 valence electrons. The van der Waals surface area contributed by atoms with Gasteiger partial charge in [-0.05, 0) is 42.5 Å². The largest absolute Gasteiger partial charge is 0.453 e. The maximum atomic E-state index is 15.1. The highest BCUT2D eigenvalue weighted by Crippen LogP contribution is 2.35. The average Bonchev–Trinajstić information content (AvgIpc) is 3.24. The van der Waals surface area contributed by atoms with E-state index in [-0.39, 0.29) is 44.9 Å². The van der Waals surface area contributed by atoms with Crippen molar-refractivity contribution >= 4 is 40.0 Å². The number of hydrogen-bond donors (Lipinski definition) is 2. The minimum Gasteiger partial charge on any atom is -0.453 e. The summed E-state index contributed by atoms with van der Waals surface area (Å²) in [5, 5.41) is 21.8. The third-order valence-corrected chi connectivity index (χ3v) is 5.30. The molecule has 0 radical (unpaired) electrons. The fourth-order valence-corrected chi connectivity index (χ4v) is 3.61. The second kappa shape index (κ2) is 9.22. The highest BCUT2D eigenvalue weighted by Gasteiger charge is 2.17. The van der Waals surface area contributed by atoms with Crippen LogP contribution >= 0.6 is 23.2 Å². The van der Waals surface area contributed by atoms with Crippen LogP contribution in [-0.2, 0) is 6.54 Å². The molecule has 6 nitrogen and oxygen atoms in total. The Labute approximate surface area is 197 Å². The van der Waals surface area contributed by atoms with E-state index in [0.29, 0.717) is 11.1 Å². The third-order valence-electron chi connectivity index (χ3n) is 4.78. The molecule has 9 heteroatoms. The maximum absolute atomic E-state index is 15.1. The van der Waals surface area contributed by atoms with Gasteiger partial charge in [-0.25, -0.2) is 4.39 Å². The SMILES string of the molecule is N#Cc1cc(Cl)cc(Oc2c(Cl)ccc(CNC(=O)c3cc4ccc(C#N)cc4[nH]3)c2F)c1. The van der Waals surface area contributed by atoms with Crippen LogP contribution in [0.15, 0.2) is 54.6 Å². The van der Waals surface area contributed by atoms with E-state index in [1.165, 1.54) is 30.3 Å². The average molecular weight is 479 g/mol.